The molecule has 1 aromatic heterocycles. The molecule has 0 spiro atoms. The number of hydrogen-bond acceptors (Lipinski definition) is 4. The van der Waals surface area contributed by atoms with Crippen LogP contribution in [0.3, 0.4) is 0 Å². The number of anilines is 1. The first kappa shape index (κ1) is 15.7. The largest absolute Gasteiger partial charge is 0.457 e. The molecular weight excluding hydrogens is 304 g/mol. The van der Waals surface area contributed by atoms with Crippen LogP contribution in [-0.2, 0) is 11.3 Å². The van der Waals surface area contributed by atoms with Crippen molar-refractivity contribution in [3.8, 4) is 11.5 Å². The van der Waals surface area contributed by atoms with Crippen LogP contribution in [0.5, 0.6) is 11.5 Å². The molecule has 1 heterocycles. The maximum Gasteiger partial charge on any atom is 0.226 e. The molecule has 3 rings (SSSR count). The molecule has 0 saturated heterocycles. The maximum atomic E-state index is 11.9. The fraction of sp³-hybridized carbons (Fsp3) is 0.167. The lowest BCUT2D eigenvalue weighted by Gasteiger charge is -2.08. The fourth-order valence-electron chi connectivity index (χ4n) is 2.21. The second-order valence-electron chi connectivity index (χ2n) is 5.40. The number of carbonyl (C=O) groups excluding carboxylic acids is 1. The Kier molecular flexibility index (Phi) is 4.86. The number of amides is 1. The summed E-state index contributed by atoms with van der Waals surface area (Å²) in [6, 6.07) is 15.1. The van der Waals surface area contributed by atoms with Crippen molar-refractivity contribution >= 4 is 11.6 Å². The molecule has 3 aromatic rings. The Morgan fingerprint density at radius 2 is 2.00 bits per heavy atom. The van der Waals surface area contributed by atoms with Crippen molar-refractivity contribution in [1.82, 2.24) is 14.8 Å². The van der Waals surface area contributed by atoms with E-state index in [4.69, 9.17) is 4.74 Å². The highest BCUT2D eigenvalue weighted by Crippen LogP contribution is 2.23. The molecule has 1 amide bonds. The van der Waals surface area contributed by atoms with E-state index in [1.807, 2.05) is 55.5 Å². The maximum absolute atomic E-state index is 11.9. The SMILES string of the molecule is Cc1cccc(Oc2ccc(NC(=O)CCn3cncn3)cc2)c1. The first-order valence-electron chi connectivity index (χ1n) is 7.66. The minimum Gasteiger partial charge on any atom is -0.457 e. The van der Waals surface area contributed by atoms with Gasteiger partial charge in [-0.15, -0.1) is 0 Å². The van der Waals surface area contributed by atoms with Crippen molar-refractivity contribution in [2.45, 2.75) is 19.9 Å². The van der Waals surface area contributed by atoms with Crippen LogP contribution in [0.25, 0.3) is 0 Å². The van der Waals surface area contributed by atoms with Crippen molar-refractivity contribution in [3.63, 3.8) is 0 Å². The number of carbonyl (C=O) groups is 1. The lowest BCUT2D eigenvalue weighted by Crippen LogP contribution is -2.14. The molecular formula is C18H18N4O2. The third kappa shape index (κ3) is 4.42. The zero-order valence-electron chi connectivity index (χ0n) is 13.3. The zero-order valence-corrected chi connectivity index (χ0v) is 13.3. The summed E-state index contributed by atoms with van der Waals surface area (Å²) in [5.74, 6) is 1.44. The molecule has 0 aliphatic rings. The van der Waals surface area contributed by atoms with Crippen LogP contribution < -0.4 is 10.1 Å². The number of rotatable bonds is 6. The van der Waals surface area contributed by atoms with Crippen LogP contribution in [0.2, 0.25) is 0 Å². The number of benzene rings is 2. The van der Waals surface area contributed by atoms with Gasteiger partial charge in [0, 0.05) is 12.1 Å². The van der Waals surface area contributed by atoms with Gasteiger partial charge < -0.3 is 10.1 Å². The van der Waals surface area contributed by atoms with Gasteiger partial charge >= 0.3 is 0 Å². The van der Waals surface area contributed by atoms with Gasteiger partial charge in [-0.1, -0.05) is 12.1 Å². The zero-order chi connectivity index (χ0) is 16.8. The van der Waals surface area contributed by atoms with Gasteiger partial charge in [-0.25, -0.2) is 4.98 Å². The minimum atomic E-state index is -0.0714. The van der Waals surface area contributed by atoms with Crippen molar-refractivity contribution in [2.24, 2.45) is 0 Å². The molecule has 6 heteroatoms. The van der Waals surface area contributed by atoms with E-state index in [0.29, 0.717) is 13.0 Å². The second-order valence-corrected chi connectivity index (χ2v) is 5.40. The van der Waals surface area contributed by atoms with E-state index >= 15 is 0 Å². The van der Waals surface area contributed by atoms with Crippen molar-refractivity contribution < 1.29 is 9.53 Å². The van der Waals surface area contributed by atoms with Crippen LogP contribution >= 0.6 is 0 Å². The molecule has 0 radical (unpaired) electrons. The highest BCUT2D eigenvalue weighted by molar-refractivity contribution is 5.90. The molecule has 0 atom stereocenters. The standard InChI is InChI=1S/C18H18N4O2/c1-14-3-2-4-17(11-14)24-16-7-5-15(6-8-16)21-18(23)9-10-22-13-19-12-20-22/h2-8,11-13H,9-10H2,1H3,(H,21,23). The molecule has 0 aliphatic heterocycles. The molecule has 0 aliphatic carbocycles. The van der Waals surface area contributed by atoms with Crippen LogP contribution in [0.1, 0.15) is 12.0 Å². The van der Waals surface area contributed by atoms with Gasteiger partial charge in [0.2, 0.25) is 5.91 Å². The lowest BCUT2D eigenvalue weighted by molar-refractivity contribution is -0.116. The van der Waals surface area contributed by atoms with Crippen LogP contribution in [0.4, 0.5) is 5.69 Å². The minimum absolute atomic E-state index is 0.0714. The third-order valence-corrected chi connectivity index (χ3v) is 3.40. The number of aryl methyl sites for hydroxylation is 2. The van der Waals surface area contributed by atoms with E-state index in [1.165, 1.54) is 6.33 Å². The number of aromatic nitrogens is 3. The summed E-state index contributed by atoms with van der Waals surface area (Å²) in [5.41, 5.74) is 1.87. The molecule has 24 heavy (non-hydrogen) atoms. The van der Waals surface area contributed by atoms with Crippen LogP contribution in [-0.4, -0.2) is 20.7 Å². The summed E-state index contributed by atoms with van der Waals surface area (Å²) in [6.45, 7) is 2.52. The van der Waals surface area contributed by atoms with E-state index in [9.17, 15) is 4.79 Å². The fourth-order valence-corrected chi connectivity index (χ4v) is 2.21. The van der Waals surface area contributed by atoms with Crippen molar-refractivity contribution in [3.05, 3.63) is 66.7 Å². The first-order chi connectivity index (χ1) is 11.7. The normalized spacial score (nSPS) is 10.4. The molecule has 6 nitrogen and oxygen atoms in total. The summed E-state index contributed by atoms with van der Waals surface area (Å²) in [4.78, 5) is 15.8. The summed E-state index contributed by atoms with van der Waals surface area (Å²) < 4.78 is 7.41. The van der Waals surface area contributed by atoms with Crippen LogP contribution in [0.15, 0.2) is 61.2 Å². The van der Waals surface area contributed by atoms with E-state index in [1.54, 1.807) is 11.0 Å². The smallest absolute Gasteiger partial charge is 0.226 e. The summed E-state index contributed by atoms with van der Waals surface area (Å²) in [5, 5.41) is 6.81. The van der Waals surface area contributed by atoms with E-state index < -0.39 is 0 Å². The third-order valence-electron chi connectivity index (χ3n) is 3.40. The molecule has 0 bridgehead atoms. The average Bonchev–Trinajstić information content (AvgIpc) is 3.08. The molecule has 2 aromatic carbocycles. The first-order valence-corrected chi connectivity index (χ1v) is 7.66. The predicted molar refractivity (Wildman–Crippen MR) is 91.0 cm³/mol. The van der Waals surface area contributed by atoms with Gasteiger partial charge in [-0.05, 0) is 48.9 Å². The Morgan fingerprint density at radius 1 is 1.17 bits per heavy atom. The molecule has 0 unspecified atom stereocenters. The van der Waals surface area contributed by atoms with Gasteiger partial charge in [0.15, 0.2) is 0 Å². The van der Waals surface area contributed by atoms with E-state index in [0.717, 1.165) is 22.7 Å². The van der Waals surface area contributed by atoms with Gasteiger partial charge in [-0.3, -0.25) is 9.48 Å². The summed E-state index contributed by atoms with van der Waals surface area (Å²) >= 11 is 0. The Balaban J connectivity index is 1.53. The summed E-state index contributed by atoms with van der Waals surface area (Å²) in [6.07, 6.45) is 3.38. The van der Waals surface area contributed by atoms with E-state index in [2.05, 4.69) is 15.4 Å². The Hall–Kier alpha value is -3.15. The number of nitrogens with one attached hydrogen (secondary N) is 1. The molecule has 1 N–H and O–H groups in total. The Morgan fingerprint density at radius 3 is 2.71 bits per heavy atom. The number of nitrogens with zero attached hydrogens (tertiary/aromatic N) is 3. The van der Waals surface area contributed by atoms with Crippen molar-refractivity contribution in [2.75, 3.05) is 5.32 Å². The van der Waals surface area contributed by atoms with Gasteiger partial charge in [-0.2, -0.15) is 5.10 Å². The van der Waals surface area contributed by atoms with Gasteiger partial charge in [0.25, 0.3) is 0 Å². The highest BCUT2D eigenvalue weighted by Gasteiger charge is 2.04. The number of ether oxygens (including phenoxy) is 1. The molecule has 0 fully saturated rings. The molecule has 0 saturated carbocycles. The predicted octanol–water partition coefficient (Wildman–Crippen LogP) is 3.41. The Labute approximate surface area is 140 Å². The average molecular weight is 322 g/mol. The topological polar surface area (TPSA) is 69.0 Å². The van der Waals surface area contributed by atoms with E-state index in [-0.39, 0.29) is 5.91 Å². The molecule has 122 valence electrons. The lowest BCUT2D eigenvalue weighted by atomic mass is 10.2. The Bertz CT molecular complexity index is 798. The highest BCUT2D eigenvalue weighted by atomic mass is 16.5. The quantitative estimate of drug-likeness (QED) is 0.755. The monoisotopic (exact) mass is 322 g/mol. The number of hydrogen-bond donors (Lipinski definition) is 1. The van der Waals surface area contributed by atoms with Crippen molar-refractivity contribution in [1.29, 1.82) is 0 Å². The second kappa shape index (κ2) is 7.41. The summed E-state index contributed by atoms with van der Waals surface area (Å²) in [7, 11) is 0. The van der Waals surface area contributed by atoms with Gasteiger partial charge in [0.05, 0.1) is 6.54 Å². The van der Waals surface area contributed by atoms with Crippen LogP contribution in [0, 0.1) is 6.92 Å². The van der Waals surface area contributed by atoms with Gasteiger partial charge in [0.1, 0.15) is 24.2 Å².